The lowest BCUT2D eigenvalue weighted by atomic mass is 9.93. The van der Waals surface area contributed by atoms with Crippen LogP contribution in [0.4, 0.5) is 0 Å². The molecule has 5 aromatic carbocycles. The lowest BCUT2D eigenvalue weighted by Crippen LogP contribution is -2.40. The lowest BCUT2D eigenvalue weighted by molar-refractivity contribution is -0.138. The zero-order valence-corrected chi connectivity index (χ0v) is 25.8. The molecule has 0 radical (unpaired) electrons. The third kappa shape index (κ3) is 4.88. The minimum Gasteiger partial charge on any atom is -0.463 e. The van der Waals surface area contributed by atoms with Crippen molar-refractivity contribution < 1.29 is 9.53 Å². The summed E-state index contributed by atoms with van der Waals surface area (Å²) in [4.78, 5) is 34.8. The molecule has 7 rings (SSSR count). The zero-order chi connectivity index (χ0) is 30.2. The summed E-state index contributed by atoms with van der Waals surface area (Å²) in [5.74, 6) is -0.483. The fraction of sp³-hybridized carbons (Fsp3) is 0.108. The number of aromatic nitrogens is 1. The topological polar surface area (TPSA) is 60.7 Å². The van der Waals surface area contributed by atoms with Crippen LogP contribution in [0, 0.1) is 0 Å². The fourth-order valence-electron chi connectivity index (χ4n) is 5.88. The minimum absolute atomic E-state index is 0.196. The SMILES string of the molecule is CCOC(=O)C1=C(c2ccccc2)N=c2s/c(=C\c3c4ccccc4cc4ccccc34)c(=O)n2[C@H]1c1ccc(SC)cc1. The van der Waals surface area contributed by atoms with Crippen LogP contribution in [0.3, 0.4) is 0 Å². The van der Waals surface area contributed by atoms with E-state index in [4.69, 9.17) is 9.73 Å². The Morgan fingerprint density at radius 3 is 2.18 bits per heavy atom. The van der Waals surface area contributed by atoms with Gasteiger partial charge in [0.25, 0.3) is 5.56 Å². The van der Waals surface area contributed by atoms with Crippen LogP contribution in [0.2, 0.25) is 0 Å². The molecule has 0 unspecified atom stereocenters. The average Bonchev–Trinajstić information content (AvgIpc) is 3.38. The van der Waals surface area contributed by atoms with Crippen molar-refractivity contribution in [3.63, 3.8) is 0 Å². The molecule has 2 heterocycles. The van der Waals surface area contributed by atoms with E-state index in [1.54, 1.807) is 23.3 Å². The molecule has 0 saturated heterocycles. The molecule has 1 aromatic heterocycles. The maximum absolute atomic E-state index is 14.5. The van der Waals surface area contributed by atoms with Gasteiger partial charge in [0, 0.05) is 10.5 Å². The van der Waals surface area contributed by atoms with Gasteiger partial charge in [-0.3, -0.25) is 9.36 Å². The molecule has 0 aliphatic carbocycles. The van der Waals surface area contributed by atoms with Gasteiger partial charge in [0.1, 0.15) is 0 Å². The van der Waals surface area contributed by atoms with Gasteiger partial charge in [-0.15, -0.1) is 11.8 Å². The van der Waals surface area contributed by atoms with E-state index in [1.165, 1.54) is 11.3 Å². The Balaban J connectivity index is 1.55. The minimum atomic E-state index is -0.706. The second-order valence-corrected chi connectivity index (χ2v) is 12.3. The van der Waals surface area contributed by atoms with Crippen molar-refractivity contribution in [3.05, 3.63) is 151 Å². The smallest absolute Gasteiger partial charge is 0.338 e. The van der Waals surface area contributed by atoms with Crippen LogP contribution >= 0.6 is 23.1 Å². The highest BCUT2D eigenvalue weighted by atomic mass is 32.2. The van der Waals surface area contributed by atoms with Crippen LogP contribution < -0.4 is 14.9 Å². The van der Waals surface area contributed by atoms with E-state index in [1.807, 2.05) is 91.2 Å². The molecule has 0 fully saturated rings. The Hall–Kier alpha value is -4.72. The predicted molar refractivity (Wildman–Crippen MR) is 181 cm³/mol. The van der Waals surface area contributed by atoms with Crippen LogP contribution in [0.1, 0.15) is 29.7 Å². The monoisotopic (exact) mass is 612 g/mol. The van der Waals surface area contributed by atoms with E-state index in [0.717, 1.165) is 43.1 Å². The highest BCUT2D eigenvalue weighted by Gasteiger charge is 2.35. The van der Waals surface area contributed by atoms with E-state index in [9.17, 15) is 9.59 Å². The molecule has 6 aromatic rings. The normalized spacial score (nSPS) is 15.0. The Labute approximate surface area is 262 Å². The molecular formula is C37H28N2O3S2. The Morgan fingerprint density at radius 1 is 0.909 bits per heavy atom. The number of rotatable bonds is 6. The Morgan fingerprint density at radius 2 is 1.55 bits per heavy atom. The summed E-state index contributed by atoms with van der Waals surface area (Å²) >= 11 is 2.98. The molecule has 1 aliphatic heterocycles. The van der Waals surface area contributed by atoms with Crippen LogP contribution in [-0.4, -0.2) is 23.4 Å². The number of hydrogen-bond donors (Lipinski definition) is 0. The maximum Gasteiger partial charge on any atom is 0.338 e. The van der Waals surface area contributed by atoms with Crippen molar-refractivity contribution in [3.8, 4) is 0 Å². The maximum atomic E-state index is 14.5. The number of ether oxygens (including phenoxy) is 1. The highest BCUT2D eigenvalue weighted by molar-refractivity contribution is 7.98. The lowest BCUT2D eigenvalue weighted by Gasteiger charge is -2.26. The summed E-state index contributed by atoms with van der Waals surface area (Å²) in [6.07, 6.45) is 4.01. The van der Waals surface area contributed by atoms with Gasteiger partial charge >= 0.3 is 5.97 Å². The van der Waals surface area contributed by atoms with Gasteiger partial charge in [0.05, 0.1) is 28.5 Å². The molecular weight excluding hydrogens is 585 g/mol. The predicted octanol–water partition coefficient (Wildman–Crippen LogP) is 6.96. The number of thiazole rings is 1. The first-order valence-electron chi connectivity index (χ1n) is 14.4. The van der Waals surface area contributed by atoms with Crippen molar-refractivity contribution in [2.45, 2.75) is 17.9 Å². The molecule has 0 amide bonds. The van der Waals surface area contributed by atoms with E-state index in [-0.39, 0.29) is 12.2 Å². The van der Waals surface area contributed by atoms with Gasteiger partial charge in [0.2, 0.25) is 0 Å². The van der Waals surface area contributed by atoms with Crippen molar-refractivity contribution in [1.82, 2.24) is 4.57 Å². The van der Waals surface area contributed by atoms with Gasteiger partial charge < -0.3 is 4.74 Å². The van der Waals surface area contributed by atoms with Gasteiger partial charge in [-0.25, -0.2) is 9.79 Å². The standard InChI is InChI=1S/C37H28N2O3S2/c1-3-42-36(41)32-33(23-11-5-4-6-12-23)38-37-39(34(32)24-17-19-27(43-2)20-18-24)35(40)31(44-37)22-30-28-15-9-7-13-25(28)21-26-14-8-10-16-29(26)30/h4-22,34H,3H2,1-2H3/b31-22-/t34-/m0/s1. The number of carbonyl (C=O) groups is 1. The van der Waals surface area contributed by atoms with Crippen LogP contribution in [0.15, 0.2) is 129 Å². The van der Waals surface area contributed by atoms with E-state index in [2.05, 4.69) is 30.3 Å². The Bertz CT molecular complexity index is 2210. The molecule has 1 atom stereocenters. The van der Waals surface area contributed by atoms with Gasteiger partial charge in [-0.05, 0) is 70.1 Å². The number of nitrogens with zero attached hydrogens (tertiary/aromatic N) is 2. The number of thioether (sulfide) groups is 1. The van der Waals surface area contributed by atoms with E-state index < -0.39 is 12.0 Å². The first-order chi connectivity index (χ1) is 21.6. The highest BCUT2D eigenvalue weighted by Crippen LogP contribution is 2.36. The summed E-state index contributed by atoms with van der Waals surface area (Å²) in [7, 11) is 0. The number of esters is 1. The van der Waals surface area contributed by atoms with Gasteiger partial charge in [-0.2, -0.15) is 0 Å². The third-order valence-electron chi connectivity index (χ3n) is 7.89. The molecule has 5 nitrogen and oxygen atoms in total. The molecule has 0 saturated carbocycles. The van der Waals surface area contributed by atoms with Crippen LogP contribution in [0.25, 0.3) is 33.3 Å². The summed E-state index contributed by atoms with van der Waals surface area (Å²) < 4.78 is 7.82. The first-order valence-corrected chi connectivity index (χ1v) is 16.4. The number of carbonyl (C=O) groups excluding carboxylic acids is 1. The van der Waals surface area contributed by atoms with E-state index in [0.29, 0.717) is 20.6 Å². The number of hydrogen-bond acceptors (Lipinski definition) is 6. The quantitative estimate of drug-likeness (QED) is 0.116. The zero-order valence-electron chi connectivity index (χ0n) is 24.2. The number of fused-ring (bicyclic) bond motifs is 3. The largest absolute Gasteiger partial charge is 0.463 e. The Kier molecular flexibility index (Phi) is 7.50. The van der Waals surface area contributed by atoms with Gasteiger partial charge in [0.15, 0.2) is 4.80 Å². The fourth-order valence-corrected chi connectivity index (χ4v) is 7.27. The first kappa shape index (κ1) is 28.1. The summed E-state index contributed by atoms with van der Waals surface area (Å²) in [6, 6.07) is 35.6. The van der Waals surface area contributed by atoms with Crippen LogP contribution in [0.5, 0.6) is 0 Å². The molecule has 0 N–H and O–H groups in total. The second kappa shape index (κ2) is 11.8. The van der Waals surface area contributed by atoms with Crippen molar-refractivity contribution >= 4 is 62.4 Å². The van der Waals surface area contributed by atoms with Crippen molar-refractivity contribution in [2.75, 3.05) is 12.9 Å². The van der Waals surface area contributed by atoms with E-state index >= 15 is 0 Å². The molecule has 1 aliphatic rings. The molecule has 216 valence electrons. The molecule has 7 heteroatoms. The van der Waals surface area contributed by atoms with Crippen molar-refractivity contribution in [2.24, 2.45) is 4.99 Å². The van der Waals surface area contributed by atoms with Gasteiger partial charge in [-0.1, -0.05) is 102 Å². The number of benzene rings is 5. The molecule has 0 bridgehead atoms. The molecule has 44 heavy (non-hydrogen) atoms. The summed E-state index contributed by atoms with van der Waals surface area (Å²) in [5, 5.41) is 4.35. The third-order valence-corrected chi connectivity index (χ3v) is 9.62. The molecule has 0 spiro atoms. The summed E-state index contributed by atoms with van der Waals surface area (Å²) in [5.41, 5.74) is 3.27. The van der Waals surface area contributed by atoms with Crippen LogP contribution in [-0.2, 0) is 9.53 Å². The average molecular weight is 613 g/mol. The van der Waals surface area contributed by atoms with Crippen molar-refractivity contribution in [1.29, 1.82) is 0 Å². The summed E-state index contributed by atoms with van der Waals surface area (Å²) in [6.45, 7) is 1.99. The second-order valence-electron chi connectivity index (χ2n) is 10.4.